The van der Waals surface area contributed by atoms with Gasteiger partial charge in [0.25, 0.3) is 10.0 Å². The second kappa shape index (κ2) is 6.60. The van der Waals surface area contributed by atoms with Crippen molar-refractivity contribution in [3.63, 3.8) is 0 Å². The monoisotopic (exact) mass is 431 g/mol. The smallest absolute Gasteiger partial charge is 0.399 e. The summed E-state index contributed by atoms with van der Waals surface area (Å²) >= 11 is 6.20. The average molecular weight is 432 g/mol. The molecule has 0 unspecified atom stereocenters. The molecule has 3 aromatic rings. The summed E-state index contributed by atoms with van der Waals surface area (Å²) in [5, 5.41) is 1.18. The highest BCUT2D eigenvalue weighted by atomic mass is 35.5. The van der Waals surface area contributed by atoms with Crippen molar-refractivity contribution in [3.05, 3.63) is 59.2 Å². The first kappa shape index (κ1) is 20.5. The number of aromatic nitrogens is 1. The van der Waals surface area contributed by atoms with Gasteiger partial charge in [-0.1, -0.05) is 35.4 Å². The third-order valence-electron chi connectivity index (χ3n) is 5.85. The number of aryl methyl sites for hydroxylation is 1. The summed E-state index contributed by atoms with van der Waals surface area (Å²) in [7, 11) is -4.50. The van der Waals surface area contributed by atoms with Crippen LogP contribution in [0.3, 0.4) is 0 Å². The van der Waals surface area contributed by atoms with Crippen molar-refractivity contribution in [3.8, 4) is 0 Å². The van der Waals surface area contributed by atoms with Crippen molar-refractivity contribution in [2.24, 2.45) is 0 Å². The number of nitrogens with zero attached hydrogens (tertiary/aromatic N) is 1. The third kappa shape index (κ3) is 3.30. The molecule has 0 spiro atoms. The van der Waals surface area contributed by atoms with Gasteiger partial charge in [0.15, 0.2) is 0 Å². The number of fused-ring (bicyclic) bond motifs is 1. The number of hydrogen-bond donors (Lipinski definition) is 0. The Hall–Kier alpha value is -1.80. The maximum absolute atomic E-state index is 13.4. The molecular formula is C21H23BClNO4S. The van der Waals surface area contributed by atoms with Crippen LogP contribution in [0.2, 0.25) is 5.02 Å². The molecule has 0 amide bonds. The van der Waals surface area contributed by atoms with Gasteiger partial charge in [-0.15, -0.1) is 0 Å². The minimum atomic E-state index is -3.82. The number of halogens is 1. The van der Waals surface area contributed by atoms with Gasteiger partial charge in [0.1, 0.15) is 0 Å². The Kier molecular flexibility index (Phi) is 4.66. The fourth-order valence-corrected chi connectivity index (χ4v) is 4.91. The summed E-state index contributed by atoms with van der Waals surface area (Å²) in [4.78, 5) is 0.209. The Bertz CT molecular complexity index is 1180. The predicted molar refractivity (Wildman–Crippen MR) is 116 cm³/mol. The Labute approximate surface area is 176 Å². The fraction of sp³-hybridized carbons (Fsp3) is 0.333. The van der Waals surface area contributed by atoms with E-state index in [4.69, 9.17) is 20.9 Å². The summed E-state index contributed by atoms with van der Waals surface area (Å²) in [5.41, 5.74) is 1.07. The van der Waals surface area contributed by atoms with Crippen LogP contribution in [-0.2, 0) is 19.3 Å². The van der Waals surface area contributed by atoms with E-state index in [0.29, 0.717) is 16.0 Å². The first-order valence-electron chi connectivity index (χ1n) is 9.41. The summed E-state index contributed by atoms with van der Waals surface area (Å²) in [6.07, 6.45) is 1.58. The van der Waals surface area contributed by atoms with E-state index < -0.39 is 28.3 Å². The van der Waals surface area contributed by atoms with Gasteiger partial charge in [-0.3, -0.25) is 0 Å². The second-order valence-electron chi connectivity index (χ2n) is 8.45. The van der Waals surface area contributed by atoms with Crippen LogP contribution < -0.4 is 5.46 Å². The minimum Gasteiger partial charge on any atom is -0.399 e. The normalized spacial score (nSPS) is 18.5. The molecule has 8 heteroatoms. The molecule has 0 radical (unpaired) electrons. The number of hydrogen-bond acceptors (Lipinski definition) is 4. The van der Waals surface area contributed by atoms with E-state index in [1.165, 1.54) is 3.97 Å². The van der Waals surface area contributed by atoms with Gasteiger partial charge >= 0.3 is 7.12 Å². The van der Waals surface area contributed by atoms with Crippen LogP contribution in [0, 0.1) is 6.92 Å². The van der Waals surface area contributed by atoms with Crippen molar-refractivity contribution >= 4 is 45.1 Å². The van der Waals surface area contributed by atoms with Gasteiger partial charge in [-0.25, -0.2) is 12.4 Å². The topological polar surface area (TPSA) is 57.5 Å². The molecule has 2 heterocycles. The molecular weight excluding hydrogens is 409 g/mol. The zero-order valence-electron chi connectivity index (χ0n) is 17.1. The Morgan fingerprint density at radius 3 is 2.14 bits per heavy atom. The molecule has 2 aromatic carbocycles. The Balaban J connectivity index is 1.91. The van der Waals surface area contributed by atoms with Gasteiger partial charge in [-0.05, 0) is 58.9 Å². The van der Waals surface area contributed by atoms with Crippen molar-refractivity contribution in [1.29, 1.82) is 0 Å². The largest absolute Gasteiger partial charge is 0.497 e. The SMILES string of the molecule is Cc1ccc(S(=O)(=O)n2cc(B3OC(C)(C)C(C)(C)O3)c3ccc(Cl)cc32)cc1. The van der Waals surface area contributed by atoms with Gasteiger partial charge < -0.3 is 9.31 Å². The first-order valence-corrected chi connectivity index (χ1v) is 11.2. The highest BCUT2D eigenvalue weighted by Gasteiger charge is 2.52. The zero-order valence-corrected chi connectivity index (χ0v) is 18.6. The zero-order chi connectivity index (χ0) is 21.2. The van der Waals surface area contributed by atoms with Crippen LogP contribution in [-0.4, -0.2) is 30.7 Å². The molecule has 0 saturated carbocycles. The van der Waals surface area contributed by atoms with Crippen molar-refractivity contribution in [1.82, 2.24) is 3.97 Å². The van der Waals surface area contributed by atoms with E-state index in [0.717, 1.165) is 10.9 Å². The molecule has 4 rings (SSSR count). The van der Waals surface area contributed by atoms with Gasteiger partial charge in [0.2, 0.25) is 0 Å². The van der Waals surface area contributed by atoms with Crippen LogP contribution in [0.4, 0.5) is 0 Å². The van der Waals surface area contributed by atoms with Crippen LogP contribution in [0.15, 0.2) is 53.6 Å². The maximum Gasteiger partial charge on any atom is 0.497 e. The molecule has 1 saturated heterocycles. The maximum atomic E-state index is 13.4. The minimum absolute atomic E-state index is 0.209. The molecule has 0 N–H and O–H groups in total. The number of benzene rings is 2. The summed E-state index contributed by atoms with van der Waals surface area (Å²) < 4.78 is 40.4. The lowest BCUT2D eigenvalue weighted by Gasteiger charge is -2.32. The van der Waals surface area contributed by atoms with E-state index in [1.807, 2.05) is 34.6 Å². The molecule has 1 aliphatic rings. The van der Waals surface area contributed by atoms with Gasteiger partial charge in [0, 0.05) is 22.1 Å². The van der Waals surface area contributed by atoms with Gasteiger partial charge in [0.05, 0.1) is 21.6 Å². The van der Waals surface area contributed by atoms with E-state index in [-0.39, 0.29) is 4.90 Å². The first-order chi connectivity index (χ1) is 13.4. The highest BCUT2D eigenvalue weighted by Crippen LogP contribution is 2.37. The summed E-state index contributed by atoms with van der Waals surface area (Å²) in [6.45, 7) is 9.77. The molecule has 1 fully saturated rings. The molecule has 29 heavy (non-hydrogen) atoms. The van der Waals surface area contributed by atoms with E-state index >= 15 is 0 Å². The van der Waals surface area contributed by atoms with Crippen molar-refractivity contribution in [2.45, 2.75) is 50.7 Å². The fourth-order valence-electron chi connectivity index (χ4n) is 3.38. The summed E-state index contributed by atoms with van der Waals surface area (Å²) in [6, 6.07) is 12.0. The second-order valence-corrected chi connectivity index (χ2v) is 10.7. The molecule has 0 aliphatic carbocycles. The lowest BCUT2D eigenvalue weighted by molar-refractivity contribution is 0.00578. The van der Waals surface area contributed by atoms with E-state index in [1.54, 1.807) is 48.7 Å². The lowest BCUT2D eigenvalue weighted by atomic mass is 9.79. The Morgan fingerprint density at radius 2 is 1.55 bits per heavy atom. The number of rotatable bonds is 3. The predicted octanol–water partition coefficient (Wildman–Crippen LogP) is 4.14. The average Bonchev–Trinajstić information content (AvgIpc) is 3.09. The quantitative estimate of drug-likeness (QED) is 0.585. The summed E-state index contributed by atoms with van der Waals surface area (Å²) in [5.74, 6) is 0. The Morgan fingerprint density at radius 1 is 0.966 bits per heavy atom. The molecule has 152 valence electrons. The van der Waals surface area contributed by atoms with Crippen LogP contribution in [0.1, 0.15) is 33.3 Å². The standard InChI is InChI=1S/C21H23BClNO4S/c1-14-6-9-16(10-7-14)29(25,26)24-13-18(17-11-8-15(23)12-19(17)24)22-27-20(2,3)21(4,5)28-22/h6-13H,1-5H3. The third-order valence-corrected chi connectivity index (χ3v) is 7.77. The van der Waals surface area contributed by atoms with Crippen molar-refractivity contribution < 1.29 is 17.7 Å². The van der Waals surface area contributed by atoms with E-state index in [9.17, 15) is 8.42 Å². The van der Waals surface area contributed by atoms with E-state index in [2.05, 4.69) is 0 Å². The molecule has 0 atom stereocenters. The van der Waals surface area contributed by atoms with Crippen molar-refractivity contribution in [2.75, 3.05) is 0 Å². The molecule has 1 aliphatic heterocycles. The van der Waals surface area contributed by atoms with Gasteiger partial charge in [-0.2, -0.15) is 0 Å². The van der Waals surface area contributed by atoms with Crippen LogP contribution in [0.25, 0.3) is 10.9 Å². The molecule has 1 aromatic heterocycles. The van der Waals surface area contributed by atoms with Crippen LogP contribution >= 0.6 is 11.6 Å². The molecule has 0 bridgehead atoms. The highest BCUT2D eigenvalue weighted by molar-refractivity contribution is 7.90. The van der Waals surface area contributed by atoms with Crippen LogP contribution in [0.5, 0.6) is 0 Å². The molecule has 5 nitrogen and oxygen atoms in total. The lowest BCUT2D eigenvalue weighted by Crippen LogP contribution is -2.41.